The Hall–Kier alpha value is -2.23. The highest BCUT2D eigenvalue weighted by atomic mass is 19.4. The van der Waals surface area contributed by atoms with E-state index in [2.05, 4.69) is 4.74 Å². The van der Waals surface area contributed by atoms with Gasteiger partial charge < -0.3 is 9.47 Å². The van der Waals surface area contributed by atoms with Crippen LogP contribution in [0.5, 0.6) is 5.75 Å². The Morgan fingerprint density at radius 2 is 1.94 bits per heavy atom. The molecule has 0 aliphatic heterocycles. The lowest BCUT2D eigenvalue weighted by molar-refractivity contribution is -0.137. The second-order valence-corrected chi connectivity index (χ2v) is 3.20. The number of carbonyl (C=O) groups excluding carboxylic acids is 1. The molecule has 96 valence electrons. The maximum absolute atomic E-state index is 12.6. The molecule has 7 heteroatoms. The Morgan fingerprint density at radius 3 is 2.33 bits per heavy atom. The summed E-state index contributed by atoms with van der Waals surface area (Å²) < 4.78 is 46.8. The van der Waals surface area contributed by atoms with E-state index < -0.39 is 23.3 Å². The molecule has 0 saturated heterocycles. The average Bonchev–Trinajstić information content (AvgIpc) is 2.34. The number of halogens is 3. The van der Waals surface area contributed by atoms with Crippen LogP contribution in [-0.4, -0.2) is 20.2 Å². The van der Waals surface area contributed by atoms with Gasteiger partial charge in [-0.05, 0) is 12.1 Å². The molecule has 0 spiro atoms. The summed E-state index contributed by atoms with van der Waals surface area (Å²) in [6, 6.07) is 2.74. The number of nitriles is 1. The molecule has 0 amide bonds. The minimum atomic E-state index is -4.63. The van der Waals surface area contributed by atoms with Gasteiger partial charge in [-0.3, -0.25) is 0 Å². The Labute approximate surface area is 101 Å². The molecule has 1 rings (SSSR count). The first-order valence-electron chi connectivity index (χ1n) is 4.62. The molecule has 0 saturated carbocycles. The third-order valence-corrected chi connectivity index (χ3v) is 2.16. The number of benzene rings is 1. The molecule has 18 heavy (non-hydrogen) atoms. The Morgan fingerprint density at radius 1 is 1.33 bits per heavy atom. The molecule has 0 unspecified atom stereocenters. The highest BCUT2D eigenvalue weighted by molar-refractivity contribution is 5.95. The maximum atomic E-state index is 12.6. The molecular formula is C11H8F3NO3. The molecule has 0 bridgehead atoms. The minimum Gasteiger partial charge on any atom is -0.496 e. The Kier molecular flexibility index (Phi) is 3.81. The third kappa shape index (κ3) is 2.53. The van der Waals surface area contributed by atoms with Crippen LogP contribution in [0.4, 0.5) is 13.2 Å². The van der Waals surface area contributed by atoms with Gasteiger partial charge in [0.1, 0.15) is 17.4 Å². The lowest BCUT2D eigenvalue weighted by atomic mass is 10.0. The SMILES string of the molecule is COC(=O)c1c(C#N)cc(C(F)(F)F)cc1OC. The summed E-state index contributed by atoms with van der Waals surface area (Å²) >= 11 is 0. The first kappa shape index (κ1) is 13.8. The van der Waals surface area contributed by atoms with E-state index in [9.17, 15) is 18.0 Å². The lowest BCUT2D eigenvalue weighted by Crippen LogP contribution is -2.11. The van der Waals surface area contributed by atoms with Crippen molar-refractivity contribution in [2.45, 2.75) is 6.18 Å². The van der Waals surface area contributed by atoms with Crippen LogP contribution in [-0.2, 0) is 10.9 Å². The van der Waals surface area contributed by atoms with Gasteiger partial charge in [0.15, 0.2) is 0 Å². The fourth-order valence-electron chi connectivity index (χ4n) is 1.34. The summed E-state index contributed by atoms with van der Waals surface area (Å²) in [4.78, 5) is 11.4. The molecule has 0 aliphatic carbocycles. The molecule has 0 radical (unpaired) electrons. The second-order valence-electron chi connectivity index (χ2n) is 3.20. The first-order valence-corrected chi connectivity index (χ1v) is 4.62. The third-order valence-electron chi connectivity index (χ3n) is 2.16. The fraction of sp³-hybridized carbons (Fsp3) is 0.273. The van der Waals surface area contributed by atoms with Crippen molar-refractivity contribution in [3.05, 3.63) is 28.8 Å². The number of hydrogen-bond acceptors (Lipinski definition) is 4. The van der Waals surface area contributed by atoms with E-state index in [1.54, 1.807) is 0 Å². The lowest BCUT2D eigenvalue weighted by Gasteiger charge is -2.13. The van der Waals surface area contributed by atoms with E-state index in [1.807, 2.05) is 0 Å². The number of methoxy groups -OCH3 is 2. The molecule has 0 atom stereocenters. The maximum Gasteiger partial charge on any atom is 0.416 e. The number of esters is 1. The summed E-state index contributed by atoms with van der Waals surface area (Å²) in [5.41, 5.74) is -1.84. The minimum absolute atomic E-state index is 0.324. The van der Waals surface area contributed by atoms with Crippen molar-refractivity contribution in [2.24, 2.45) is 0 Å². The van der Waals surface area contributed by atoms with Crippen LogP contribution in [0.25, 0.3) is 0 Å². The highest BCUT2D eigenvalue weighted by Gasteiger charge is 2.33. The number of alkyl halides is 3. The van der Waals surface area contributed by atoms with Gasteiger partial charge in [-0.2, -0.15) is 18.4 Å². The molecule has 0 aliphatic rings. The molecule has 1 aromatic carbocycles. The van der Waals surface area contributed by atoms with Gasteiger partial charge in [-0.25, -0.2) is 4.79 Å². The summed E-state index contributed by atoms with van der Waals surface area (Å²) in [7, 11) is 2.16. The van der Waals surface area contributed by atoms with Crippen molar-refractivity contribution >= 4 is 5.97 Å². The van der Waals surface area contributed by atoms with Crippen LogP contribution in [0, 0.1) is 11.3 Å². The molecule has 1 aromatic rings. The van der Waals surface area contributed by atoms with Crippen molar-refractivity contribution in [1.82, 2.24) is 0 Å². The first-order chi connectivity index (χ1) is 8.35. The molecule has 0 N–H and O–H groups in total. The van der Waals surface area contributed by atoms with E-state index in [4.69, 9.17) is 10.00 Å². The topological polar surface area (TPSA) is 59.3 Å². The summed E-state index contributed by atoms with van der Waals surface area (Å²) in [5.74, 6) is -1.29. The number of rotatable bonds is 2. The van der Waals surface area contributed by atoms with Crippen LogP contribution < -0.4 is 4.74 Å². The van der Waals surface area contributed by atoms with E-state index in [-0.39, 0.29) is 11.3 Å². The van der Waals surface area contributed by atoms with E-state index in [1.165, 1.54) is 6.07 Å². The predicted octanol–water partition coefficient (Wildman–Crippen LogP) is 2.37. The zero-order valence-electron chi connectivity index (χ0n) is 9.46. The van der Waals surface area contributed by atoms with Crippen molar-refractivity contribution in [3.63, 3.8) is 0 Å². The van der Waals surface area contributed by atoms with Gasteiger partial charge in [-0.1, -0.05) is 0 Å². The molecule has 0 fully saturated rings. The van der Waals surface area contributed by atoms with Crippen molar-refractivity contribution < 1.29 is 27.4 Å². The smallest absolute Gasteiger partial charge is 0.416 e. The fourth-order valence-corrected chi connectivity index (χ4v) is 1.34. The quantitative estimate of drug-likeness (QED) is 0.765. The zero-order chi connectivity index (χ0) is 13.9. The molecule has 0 aromatic heterocycles. The number of ether oxygens (including phenoxy) is 2. The van der Waals surface area contributed by atoms with E-state index >= 15 is 0 Å². The van der Waals surface area contributed by atoms with Gasteiger partial charge in [0.05, 0.1) is 25.3 Å². The summed E-state index contributed by atoms with van der Waals surface area (Å²) in [6.07, 6.45) is -4.63. The number of nitrogens with zero attached hydrogens (tertiary/aromatic N) is 1. The predicted molar refractivity (Wildman–Crippen MR) is 54.1 cm³/mol. The van der Waals surface area contributed by atoms with Crippen molar-refractivity contribution in [3.8, 4) is 11.8 Å². The zero-order valence-corrected chi connectivity index (χ0v) is 9.46. The van der Waals surface area contributed by atoms with Gasteiger partial charge in [0.25, 0.3) is 0 Å². The van der Waals surface area contributed by atoms with Crippen molar-refractivity contribution in [1.29, 1.82) is 5.26 Å². The summed E-state index contributed by atoms with van der Waals surface area (Å²) in [6.45, 7) is 0. The van der Waals surface area contributed by atoms with Gasteiger partial charge >= 0.3 is 12.1 Å². The van der Waals surface area contributed by atoms with Gasteiger partial charge in [0.2, 0.25) is 0 Å². The van der Waals surface area contributed by atoms with Crippen LogP contribution in [0.1, 0.15) is 21.5 Å². The average molecular weight is 259 g/mol. The van der Waals surface area contributed by atoms with Crippen LogP contribution in [0.15, 0.2) is 12.1 Å². The van der Waals surface area contributed by atoms with E-state index in [0.29, 0.717) is 12.1 Å². The largest absolute Gasteiger partial charge is 0.496 e. The molecule has 0 heterocycles. The number of hydrogen-bond donors (Lipinski definition) is 0. The highest BCUT2D eigenvalue weighted by Crippen LogP contribution is 2.35. The number of carbonyl (C=O) groups is 1. The van der Waals surface area contributed by atoms with E-state index in [0.717, 1.165) is 14.2 Å². The standard InChI is InChI=1S/C11H8F3NO3/c1-17-8-4-7(11(12,13)14)3-6(5-15)9(8)10(16)18-2/h3-4H,1-2H3. The Balaban J connectivity index is 3.55. The summed E-state index contributed by atoms with van der Waals surface area (Å²) in [5, 5.41) is 8.79. The molecular weight excluding hydrogens is 251 g/mol. The van der Waals surface area contributed by atoms with Crippen LogP contribution in [0.3, 0.4) is 0 Å². The van der Waals surface area contributed by atoms with Gasteiger partial charge in [0, 0.05) is 0 Å². The van der Waals surface area contributed by atoms with Gasteiger partial charge in [-0.15, -0.1) is 0 Å². The monoisotopic (exact) mass is 259 g/mol. The second kappa shape index (κ2) is 4.96. The Bertz CT molecular complexity index is 517. The van der Waals surface area contributed by atoms with Crippen molar-refractivity contribution in [2.75, 3.05) is 14.2 Å². The van der Waals surface area contributed by atoms with Crippen LogP contribution in [0.2, 0.25) is 0 Å². The normalized spacial score (nSPS) is 10.7. The van der Waals surface area contributed by atoms with Crippen LogP contribution >= 0.6 is 0 Å². The molecule has 4 nitrogen and oxygen atoms in total.